The molecular weight excluding hydrogens is 384 g/mol. The summed E-state index contributed by atoms with van der Waals surface area (Å²) in [5.41, 5.74) is 1.25. The zero-order chi connectivity index (χ0) is 21.1. The van der Waals surface area contributed by atoms with E-state index in [1.54, 1.807) is 12.1 Å². The number of nitro benzene ring substituents is 1. The van der Waals surface area contributed by atoms with E-state index < -0.39 is 22.8 Å². The molecule has 2 N–H and O–H groups in total. The van der Waals surface area contributed by atoms with Gasteiger partial charge in [0.15, 0.2) is 0 Å². The predicted octanol–water partition coefficient (Wildman–Crippen LogP) is 4.49. The standard InChI is InChI=1S/C20H21ClN2O5/c1-20(2,3)13-6-4-12(5-7-13)17(11-18(24)25)22-19(26)15-10-14(23(27)28)8-9-16(15)21/h4-10,17H,11H2,1-3H3,(H,22,26)(H,24,25)/t17-/m1/s1. The average Bonchev–Trinajstić information content (AvgIpc) is 2.60. The third kappa shape index (κ3) is 5.29. The van der Waals surface area contributed by atoms with E-state index in [9.17, 15) is 24.8 Å². The van der Waals surface area contributed by atoms with Gasteiger partial charge in [0.25, 0.3) is 11.6 Å². The number of nitro groups is 1. The fraction of sp³-hybridized carbons (Fsp3) is 0.300. The number of carbonyl (C=O) groups excluding carboxylic acids is 1. The van der Waals surface area contributed by atoms with Crippen LogP contribution < -0.4 is 5.32 Å². The molecule has 0 bridgehead atoms. The molecule has 0 aliphatic rings. The highest BCUT2D eigenvalue weighted by molar-refractivity contribution is 6.34. The molecule has 2 aromatic carbocycles. The van der Waals surface area contributed by atoms with Crippen LogP contribution in [0, 0.1) is 10.1 Å². The van der Waals surface area contributed by atoms with E-state index in [0.29, 0.717) is 5.56 Å². The van der Waals surface area contributed by atoms with Crippen molar-refractivity contribution in [2.24, 2.45) is 0 Å². The predicted molar refractivity (Wildman–Crippen MR) is 106 cm³/mol. The molecule has 0 fully saturated rings. The van der Waals surface area contributed by atoms with Crippen LogP contribution in [0.5, 0.6) is 0 Å². The normalized spacial score (nSPS) is 12.3. The van der Waals surface area contributed by atoms with Gasteiger partial charge < -0.3 is 10.4 Å². The summed E-state index contributed by atoms with van der Waals surface area (Å²) < 4.78 is 0. The lowest BCUT2D eigenvalue weighted by Crippen LogP contribution is -2.30. The van der Waals surface area contributed by atoms with Crippen molar-refractivity contribution in [2.45, 2.75) is 38.6 Å². The number of aliphatic carboxylic acids is 1. The highest BCUT2D eigenvalue weighted by atomic mass is 35.5. The highest BCUT2D eigenvalue weighted by Crippen LogP contribution is 2.27. The second kappa shape index (κ2) is 8.39. The summed E-state index contributed by atoms with van der Waals surface area (Å²) in [5, 5.41) is 22.8. The lowest BCUT2D eigenvalue weighted by molar-refractivity contribution is -0.384. The van der Waals surface area contributed by atoms with E-state index in [1.807, 2.05) is 12.1 Å². The van der Waals surface area contributed by atoms with E-state index in [1.165, 1.54) is 12.1 Å². The minimum Gasteiger partial charge on any atom is -0.481 e. The number of amides is 1. The summed E-state index contributed by atoms with van der Waals surface area (Å²) in [5.74, 6) is -1.77. The van der Waals surface area contributed by atoms with Crippen molar-refractivity contribution in [3.05, 3.63) is 74.3 Å². The van der Waals surface area contributed by atoms with Crippen LogP contribution in [-0.4, -0.2) is 21.9 Å². The summed E-state index contributed by atoms with van der Waals surface area (Å²) in [6, 6.07) is 10.0. The van der Waals surface area contributed by atoms with Gasteiger partial charge in [-0.25, -0.2) is 0 Å². The largest absolute Gasteiger partial charge is 0.481 e. The molecule has 1 atom stereocenters. The molecule has 7 nitrogen and oxygen atoms in total. The molecule has 0 saturated heterocycles. The molecule has 0 aromatic heterocycles. The van der Waals surface area contributed by atoms with E-state index in [4.69, 9.17) is 11.6 Å². The number of non-ortho nitro benzene ring substituents is 1. The Bertz CT molecular complexity index is 904. The van der Waals surface area contributed by atoms with Gasteiger partial charge in [-0.15, -0.1) is 0 Å². The first-order valence-electron chi connectivity index (χ1n) is 8.56. The van der Waals surface area contributed by atoms with Gasteiger partial charge in [-0.1, -0.05) is 56.6 Å². The average molecular weight is 405 g/mol. The Morgan fingerprint density at radius 2 is 1.79 bits per heavy atom. The molecule has 1 amide bonds. The molecule has 0 radical (unpaired) electrons. The maximum absolute atomic E-state index is 12.6. The SMILES string of the molecule is CC(C)(C)c1ccc([C@@H](CC(=O)O)NC(=O)c2cc([N+](=O)[O-])ccc2Cl)cc1. The summed E-state index contributed by atoms with van der Waals surface area (Å²) >= 11 is 6.00. The van der Waals surface area contributed by atoms with Crippen LogP contribution in [0.3, 0.4) is 0 Å². The molecule has 2 rings (SSSR count). The summed E-state index contributed by atoms with van der Waals surface area (Å²) in [7, 11) is 0. The molecule has 0 saturated carbocycles. The third-order valence-electron chi connectivity index (χ3n) is 4.27. The van der Waals surface area contributed by atoms with E-state index in [0.717, 1.165) is 11.6 Å². The smallest absolute Gasteiger partial charge is 0.305 e. The molecule has 0 heterocycles. The van der Waals surface area contributed by atoms with Crippen LogP contribution in [0.2, 0.25) is 5.02 Å². The van der Waals surface area contributed by atoms with Crippen LogP contribution in [0.1, 0.15) is 54.7 Å². The monoisotopic (exact) mass is 404 g/mol. The maximum Gasteiger partial charge on any atom is 0.305 e. The van der Waals surface area contributed by atoms with Crippen molar-refractivity contribution in [1.82, 2.24) is 5.32 Å². The van der Waals surface area contributed by atoms with Gasteiger partial charge in [0.2, 0.25) is 0 Å². The Kier molecular flexibility index (Phi) is 6.41. The van der Waals surface area contributed by atoms with Gasteiger partial charge >= 0.3 is 5.97 Å². The molecular formula is C20H21ClN2O5. The molecule has 148 valence electrons. The Morgan fingerprint density at radius 3 is 2.29 bits per heavy atom. The number of hydrogen-bond acceptors (Lipinski definition) is 4. The fourth-order valence-corrected chi connectivity index (χ4v) is 2.88. The number of nitrogens with zero attached hydrogens (tertiary/aromatic N) is 1. The number of benzene rings is 2. The van der Waals surface area contributed by atoms with Crippen molar-refractivity contribution in [3.8, 4) is 0 Å². The number of carbonyl (C=O) groups is 2. The van der Waals surface area contributed by atoms with Crippen LogP contribution >= 0.6 is 11.6 Å². The molecule has 2 aromatic rings. The van der Waals surface area contributed by atoms with Crippen molar-refractivity contribution in [3.63, 3.8) is 0 Å². The van der Waals surface area contributed by atoms with Crippen molar-refractivity contribution >= 4 is 29.2 Å². The Morgan fingerprint density at radius 1 is 1.18 bits per heavy atom. The zero-order valence-corrected chi connectivity index (χ0v) is 16.5. The Labute approximate surface area is 167 Å². The minimum absolute atomic E-state index is 0.0419. The second-order valence-electron chi connectivity index (χ2n) is 7.42. The number of carboxylic acid groups (broad SMARTS) is 1. The third-order valence-corrected chi connectivity index (χ3v) is 4.60. The van der Waals surface area contributed by atoms with Crippen LogP contribution in [0.4, 0.5) is 5.69 Å². The van der Waals surface area contributed by atoms with Gasteiger partial charge in [-0.05, 0) is 22.6 Å². The first-order chi connectivity index (χ1) is 13.0. The summed E-state index contributed by atoms with van der Waals surface area (Å²) in [6.45, 7) is 6.18. The topological polar surface area (TPSA) is 110 Å². The number of nitrogens with one attached hydrogen (secondary N) is 1. The van der Waals surface area contributed by atoms with Crippen molar-refractivity contribution in [1.29, 1.82) is 0 Å². The van der Waals surface area contributed by atoms with Crippen LogP contribution in [-0.2, 0) is 10.2 Å². The number of carboxylic acids is 1. The van der Waals surface area contributed by atoms with Gasteiger partial charge in [-0.3, -0.25) is 19.7 Å². The number of rotatable bonds is 6. The molecule has 28 heavy (non-hydrogen) atoms. The molecule has 8 heteroatoms. The molecule has 0 spiro atoms. The quantitative estimate of drug-likeness (QED) is 0.544. The summed E-state index contributed by atoms with van der Waals surface area (Å²) in [4.78, 5) is 34.2. The van der Waals surface area contributed by atoms with E-state index in [-0.39, 0.29) is 28.1 Å². The van der Waals surface area contributed by atoms with Gasteiger partial charge in [-0.2, -0.15) is 0 Å². The lowest BCUT2D eigenvalue weighted by Gasteiger charge is -2.22. The van der Waals surface area contributed by atoms with Crippen LogP contribution in [0.15, 0.2) is 42.5 Å². The van der Waals surface area contributed by atoms with E-state index in [2.05, 4.69) is 26.1 Å². The zero-order valence-electron chi connectivity index (χ0n) is 15.7. The van der Waals surface area contributed by atoms with Crippen molar-refractivity contribution in [2.75, 3.05) is 0 Å². The van der Waals surface area contributed by atoms with Gasteiger partial charge in [0.1, 0.15) is 0 Å². The maximum atomic E-state index is 12.6. The Balaban J connectivity index is 2.32. The first-order valence-corrected chi connectivity index (χ1v) is 8.94. The van der Waals surface area contributed by atoms with Crippen molar-refractivity contribution < 1.29 is 19.6 Å². The highest BCUT2D eigenvalue weighted by Gasteiger charge is 2.23. The molecule has 0 unspecified atom stereocenters. The van der Waals surface area contributed by atoms with Crippen LogP contribution in [0.25, 0.3) is 0 Å². The van der Waals surface area contributed by atoms with Gasteiger partial charge in [0, 0.05) is 12.1 Å². The number of hydrogen-bond donors (Lipinski definition) is 2. The molecule has 0 aliphatic heterocycles. The second-order valence-corrected chi connectivity index (χ2v) is 7.82. The summed E-state index contributed by atoms with van der Waals surface area (Å²) in [6.07, 6.45) is -0.340. The lowest BCUT2D eigenvalue weighted by atomic mass is 9.86. The first kappa shape index (κ1) is 21.4. The van der Waals surface area contributed by atoms with Gasteiger partial charge in [0.05, 0.1) is 28.0 Å². The number of halogens is 1. The van der Waals surface area contributed by atoms with E-state index >= 15 is 0 Å². The Hall–Kier alpha value is -2.93. The fourth-order valence-electron chi connectivity index (χ4n) is 2.68. The molecule has 0 aliphatic carbocycles. The minimum atomic E-state index is -1.09.